The second-order valence-corrected chi connectivity index (χ2v) is 17.9. The zero-order chi connectivity index (χ0) is 40.5. The zero-order valence-corrected chi connectivity index (χ0v) is 34.9. The van der Waals surface area contributed by atoms with Crippen LogP contribution in [0.4, 0.5) is 28.4 Å². The van der Waals surface area contributed by atoms with Gasteiger partial charge in [-0.15, -0.1) is 0 Å². The molecule has 0 spiro atoms. The third-order valence-electron chi connectivity index (χ3n) is 12.8. The van der Waals surface area contributed by atoms with Gasteiger partial charge in [0.25, 0.3) is 0 Å². The second-order valence-electron chi connectivity index (χ2n) is 17.9. The molecule has 0 radical (unpaired) electrons. The van der Waals surface area contributed by atoms with E-state index in [4.69, 9.17) is 0 Å². The summed E-state index contributed by atoms with van der Waals surface area (Å²) in [5, 5.41) is 3.97. The molecule has 0 aromatic heterocycles. The highest BCUT2D eigenvalue weighted by Crippen LogP contribution is 2.50. The van der Waals surface area contributed by atoms with E-state index in [1.165, 1.54) is 106 Å². The normalized spacial score (nSPS) is 13.6. The number of anilines is 5. The Kier molecular flexibility index (Phi) is 8.76. The van der Waals surface area contributed by atoms with Gasteiger partial charge in [-0.05, 0) is 110 Å². The minimum Gasteiger partial charge on any atom is -0.355 e. The maximum absolute atomic E-state index is 3.97. The monoisotopic (exact) mass is 760 g/mol. The Morgan fingerprint density at radius 1 is 0.492 bits per heavy atom. The summed E-state index contributed by atoms with van der Waals surface area (Å²) in [6, 6.07) is 65.5. The van der Waals surface area contributed by atoms with E-state index >= 15 is 0 Å². The van der Waals surface area contributed by atoms with Gasteiger partial charge in [-0.1, -0.05) is 180 Å². The molecule has 8 aromatic rings. The molecule has 0 bridgehead atoms. The molecule has 286 valence electrons. The largest absolute Gasteiger partial charge is 0.355 e. The lowest BCUT2D eigenvalue weighted by atomic mass is 9.57. The molecule has 0 atom stereocenters. The highest BCUT2D eigenvalue weighted by molar-refractivity contribution is 6.73. The molecule has 2 aliphatic heterocycles. The lowest BCUT2D eigenvalue weighted by molar-refractivity contribution is 0.590. The molecule has 0 fully saturated rings. The summed E-state index contributed by atoms with van der Waals surface area (Å²) < 4.78 is 0. The molecule has 2 nitrogen and oxygen atoms in total. The van der Waals surface area contributed by atoms with E-state index in [-0.39, 0.29) is 10.8 Å². The molecule has 0 amide bonds. The Labute approximate surface area is 350 Å². The number of nitrogens with zero attached hydrogens (tertiary/aromatic N) is 1. The molecule has 0 aliphatic carbocycles. The van der Waals surface area contributed by atoms with Gasteiger partial charge < -0.3 is 10.2 Å². The van der Waals surface area contributed by atoms with Gasteiger partial charge >= 0.3 is 0 Å². The number of rotatable bonds is 5. The number of fused-ring (bicyclic) bond motifs is 4. The summed E-state index contributed by atoms with van der Waals surface area (Å²) in [4.78, 5) is 2.57. The van der Waals surface area contributed by atoms with E-state index in [1.807, 2.05) is 0 Å². The van der Waals surface area contributed by atoms with Crippen LogP contribution in [-0.2, 0) is 10.8 Å². The van der Waals surface area contributed by atoms with Crippen LogP contribution in [0.15, 0.2) is 176 Å². The second kappa shape index (κ2) is 14.1. The first-order valence-electron chi connectivity index (χ1n) is 21.0. The van der Waals surface area contributed by atoms with Gasteiger partial charge in [0, 0.05) is 33.6 Å². The first kappa shape index (κ1) is 36.7. The Morgan fingerprint density at radius 2 is 1.15 bits per heavy atom. The number of nitrogens with one attached hydrogen (secondary N) is 1. The van der Waals surface area contributed by atoms with Crippen LogP contribution in [0.25, 0.3) is 44.5 Å². The summed E-state index contributed by atoms with van der Waals surface area (Å²) in [5.74, 6) is 0. The molecular formula is C56H49BN2. The summed E-state index contributed by atoms with van der Waals surface area (Å²) in [6.07, 6.45) is 0. The number of para-hydroxylation sites is 2. The van der Waals surface area contributed by atoms with Crippen LogP contribution in [0.3, 0.4) is 0 Å². The van der Waals surface area contributed by atoms with Crippen molar-refractivity contribution in [2.45, 2.75) is 52.4 Å². The van der Waals surface area contributed by atoms with E-state index < -0.39 is 0 Å². The molecule has 2 heterocycles. The predicted molar refractivity (Wildman–Crippen MR) is 255 cm³/mol. The third-order valence-corrected chi connectivity index (χ3v) is 12.8. The van der Waals surface area contributed by atoms with E-state index in [1.54, 1.807) is 0 Å². The molecule has 3 heteroatoms. The maximum Gasteiger partial charge on any atom is 0.198 e. The van der Waals surface area contributed by atoms with Gasteiger partial charge in [-0.3, -0.25) is 0 Å². The van der Waals surface area contributed by atoms with Crippen molar-refractivity contribution in [3.63, 3.8) is 0 Å². The highest BCUT2D eigenvalue weighted by atomic mass is 15.2. The van der Waals surface area contributed by atoms with Crippen LogP contribution in [0, 0.1) is 6.92 Å². The van der Waals surface area contributed by atoms with Crippen molar-refractivity contribution >= 4 is 46.6 Å². The van der Waals surface area contributed by atoms with Crippen molar-refractivity contribution in [3.05, 3.63) is 198 Å². The first-order chi connectivity index (χ1) is 28.6. The molecule has 59 heavy (non-hydrogen) atoms. The van der Waals surface area contributed by atoms with E-state index in [0.29, 0.717) is 0 Å². The Morgan fingerprint density at radius 3 is 1.92 bits per heavy atom. The highest BCUT2D eigenvalue weighted by Gasteiger charge is 2.36. The van der Waals surface area contributed by atoms with Crippen molar-refractivity contribution in [1.82, 2.24) is 0 Å². The maximum atomic E-state index is 3.97. The quantitative estimate of drug-likeness (QED) is 0.176. The Bertz CT molecular complexity index is 2900. The van der Waals surface area contributed by atoms with Gasteiger partial charge in [0.15, 0.2) is 7.28 Å². The fraction of sp³-hybridized carbons (Fsp3) is 0.143. The smallest absolute Gasteiger partial charge is 0.198 e. The van der Waals surface area contributed by atoms with Crippen molar-refractivity contribution < 1.29 is 0 Å². The lowest BCUT2D eigenvalue weighted by Crippen LogP contribution is -2.41. The topological polar surface area (TPSA) is 15.3 Å². The van der Waals surface area contributed by atoms with Gasteiger partial charge in [-0.2, -0.15) is 0 Å². The molecule has 8 aromatic carbocycles. The zero-order valence-electron chi connectivity index (χ0n) is 34.9. The van der Waals surface area contributed by atoms with Crippen LogP contribution in [0.2, 0.25) is 0 Å². The van der Waals surface area contributed by atoms with Gasteiger partial charge in [0.05, 0.1) is 11.4 Å². The SMILES string of the molecule is Cc1ccccc1-c1cc(-c2cccc3c2Nc2ccccc2C3(C)C)c2c(c1)N(c1ccc(C(C)(C)C)cc1-c1ccccc1)c1ccc(-c3ccccc3)cc1B2. The third kappa shape index (κ3) is 6.28. The van der Waals surface area contributed by atoms with Crippen LogP contribution >= 0.6 is 0 Å². The number of aryl methyl sites for hydroxylation is 1. The average molecular weight is 761 g/mol. The molecule has 0 unspecified atom stereocenters. The van der Waals surface area contributed by atoms with Gasteiger partial charge in [0.2, 0.25) is 0 Å². The number of hydrogen-bond acceptors (Lipinski definition) is 2. The minimum atomic E-state index is -0.177. The molecule has 10 rings (SSSR count). The molecule has 0 saturated heterocycles. The molecule has 1 N–H and O–H groups in total. The minimum absolute atomic E-state index is 0.0126. The van der Waals surface area contributed by atoms with Crippen molar-refractivity contribution in [2.75, 3.05) is 10.2 Å². The van der Waals surface area contributed by atoms with E-state index in [9.17, 15) is 0 Å². The standard InChI is InChI=1S/C56H49BN2/c1-36-18-13-14-23-42(36)40-32-45(43-24-17-26-47-54(43)58-49-27-16-15-25-46(49)56(47,5)6)53-52(34-40)59(51-30-28-39(33-48(51)57-53)37-19-9-7-10-20-37)50-31-29-41(55(2,3)4)35-44(50)38-21-11-8-12-22-38/h7-35,57-58H,1-6H3. The summed E-state index contributed by atoms with van der Waals surface area (Å²) in [5.41, 5.74) is 23.5. The fourth-order valence-electron chi connectivity index (χ4n) is 9.57. The van der Waals surface area contributed by atoms with E-state index in [0.717, 1.165) is 7.28 Å². The van der Waals surface area contributed by atoms with Crippen LogP contribution in [0.5, 0.6) is 0 Å². The van der Waals surface area contributed by atoms with Gasteiger partial charge in [0.1, 0.15) is 0 Å². The van der Waals surface area contributed by atoms with Gasteiger partial charge in [-0.25, -0.2) is 0 Å². The van der Waals surface area contributed by atoms with E-state index in [2.05, 4.69) is 228 Å². The van der Waals surface area contributed by atoms with Crippen molar-refractivity contribution in [3.8, 4) is 44.5 Å². The van der Waals surface area contributed by atoms with Crippen LogP contribution < -0.4 is 21.1 Å². The summed E-state index contributed by atoms with van der Waals surface area (Å²) in [6.45, 7) is 13.9. The molecule has 0 saturated carbocycles. The fourth-order valence-corrected chi connectivity index (χ4v) is 9.57. The van der Waals surface area contributed by atoms with Crippen molar-refractivity contribution in [2.24, 2.45) is 0 Å². The average Bonchev–Trinajstić information content (AvgIpc) is 3.25. The van der Waals surface area contributed by atoms with Crippen molar-refractivity contribution in [1.29, 1.82) is 0 Å². The number of hydrogen-bond donors (Lipinski definition) is 1. The van der Waals surface area contributed by atoms with Crippen LogP contribution in [0.1, 0.15) is 56.9 Å². The molecule has 2 aliphatic rings. The Balaban J connectivity index is 1.29. The Hall–Kier alpha value is -6.58. The first-order valence-corrected chi connectivity index (χ1v) is 21.0. The lowest BCUT2D eigenvalue weighted by Gasteiger charge is -2.39. The number of benzene rings is 8. The predicted octanol–water partition coefficient (Wildman–Crippen LogP) is 13.5. The summed E-state index contributed by atoms with van der Waals surface area (Å²) in [7, 11) is 0.801. The summed E-state index contributed by atoms with van der Waals surface area (Å²) >= 11 is 0. The molecular weight excluding hydrogens is 711 g/mol. The van der Waals surface area contributed by atoms with Crippen LogP contribution in [-0.4, -0.2) is 7.28 Å².